The molecule has 0 atom stereocenters. The third kappa shape index (κ3) is 9.62. The highest BCUT2D eigenvalue weighted by Crippen LogP contribution is 1.94. The molecule has 2 amide bonds. The molecule has 0 aromatic rings. The van der Waals surface area contributed by atoms with Gasteiger partial charge in [-0.15, -0.1) is 0 Å². The van der Waals surface area contributed by atoms with Crippen molar-refractivity contribution in [1.82, 2.24) is 10.2 Å². The minimum atomic E-state index is -0.835. The van der Waals surface area contributed by atoms with E-state index in [4.69, 9.17) is 9.84 Å². The Kier molecular flexibility index (Phi) is 9.14. The van der Waals surface area contributed by atoms with Crippen molar-refractivity contribution in [1.29, 1.82) is 0 Å². The Morgan fingerprint density at radius 2 is 2.00 bits per heavy atom. The molecule has 0 aromatic carbocycles. The maximum absolute atomic E-state index is 11.5. The molecule has 0 rings (SSSR count). The smallest absolute Gasteiger partial charge is 0.317 e. The van der Waals surface area contributed by atoms with Gasteiger partial charge in [-0.1, -0.05) is 0 Å². The number of carbonyl (C=O) groups excluding carboxylic acids is 1. The van der Waals surface area contributed by atoms with Gasteiger partial charge in [0.2, 0.25) is 0 Å². The maximum atomic E-state index is 11.5. The molecule has 0 aromatic heterocycles. The number of rotatable bonds is 9. The fourth-order valence-corrected chi connectivity index (χ4v) is 1.27. The molecule has 0 aliphatic rings. The summed E-state index contributed by atoms with van der Waals surface area (Å²) in [5.41, 5.74) is 0. The number of urea groups is 1. The van der Waals surface area contributed by atoms with E-state index in [-0.39, 0.29) is 12.5 Å². The summed E-state index contributed by atoms with van der Waals surface area (Å²) in [6.07, 6.45) is 2.36. The number of nitrogens with zero attached hydrogens (tertiary/aromatic N) is 1. The SMILES string of the molecule is COCCCCNC(=O)N(C)CCCC(=O)O. The molecule has 100 valence electrons. The highest BCUT2D eigenvalue weighted by molar-refractivity contribution is 5.73. The first kappa shape index (κ1) is 15.7. The Balaban J connectivity index is 3.50. The topological polar surface area (TPSA) is 78.9 Å². The van der Waals surface area contributed by atoms with Gasteiger partial charge in [0.15, 0.2) is 0 Å². The summed E-state index contributed by atoms with van der Waals surface area (Å²) in [5, 5.41) is 11.2. The summed E-state index contributed by atoms with van der Waals surface area (Å²) in [6, 6.07) is -0.159. The summed E-state index contributed by atoms with van der Waals surface area (Å²) in [7, 11) is 3.31. The summed E-state index contributed by atoms with van der Waals surface area (Å²) in [6.45, 7) is 1.77. The molecule has 2 N–H and O–H groups in total. The fourth-order valence-electron chi connectivity index (χ4n) is 1.27. The first-order valence-corrected chi connectivity index (χ1v) is 5.77. The van der Waals surface area contributed by atoms with E-state index in [9.17, 15) is 9.59 Å². The third-order valence-electron chi connectivity index (χ3n) is 2.28. The number of amides is 2. The Hall–Kier alpha value is -1.30. The lowest BCUT2D eigenvalue weighted by atomic mass is 10.3. The standard InChI is InChI=1S/C11H22N2O4/c1-13(8-5-6-10(14)15)11(16)12-7-3-4-9-17-2/h3-9H2,1-2H3,(H,12,16)(H,14,15). The van der Waals surface area contributed by atoms with Crippen LogP contribution in [0.1, 0.15) is 25.7 Å². The van der Waals surface area contributed by atoms with E-state index in [1.807, 2.05) is 0 Å². The van der Waals surface area contributed by atoms with E-state index in [1.54, 1.807) is 14.2 Å². The van der Waals surface area contributed by atoms with Gasteiger partial charge >= 0.3 is 12.0 Å². The van der Waals surface area contributed by atoms with Crippen molar-refractivity contribution in [3.05, 3.63) is 0 Å². The summed E-state index contributed by atoms with van der Waals surface area (Å²) in [4.78, 5) is 23.3. The number of aliphatic carboxylic acids is 1. The van der Waals surface area contributed by atoms with Gasteiger partial charge in [-0.2, -0.15) is 0 Å². The molecule has 0 heterocycles. The van der Waals surface area contributed by atoms with Crippen molar-refractivity contribution in [3.8, 4) is 0 Å². The summed E-state index contributed by atoms with van der Waals surface area (Å²) >= 11 is 0. The van der Waals surface area contributed by atoms with Crippen molar-refractivity contribution in [2.24, 2.45) is 0 Å². The quantitative estimate of drug-likeness (QED) is 0.593. The number of carboxylic acid groups (broad SMARTS) is 1. The summed E-state index contributed by atoms with van der Waals surface area (Å²) in [5.74, 6) is -0.835. The molecule has 0 bridgehead atoms. The van der Waals surface area contributed by atoms with Crippen LogP contribution in [0.15, 0.2) is 0 Å². The second kappa shape index (κ2) is 9.89. The van der Waals surface area contributed by atoms with Gasteiger partial charge in [0.05, 0.1) is 0 Å². The van der Waals surface area contributed by atoms with Gasteiger partial charge in [-0.25, -0.2) is 4.79 Å². The van der Waals surface area contributed by atoms with Gasteiger partial charge < -0.3 is 20.1 Å². The van der Waals surface area contributed by atoms with Crippen LogP contribution in [0.4, 0.5) is 4.79 Å². The average Bonchev–Trinajstić information content (AvgIpc) is 2.27. The third-order valence-corrected chi connectivity index (χ3v) is 2.28. The minimum absolute atomic E-state index is 0.0887. The van der Waals surface area contributed by atoms with Crippen LogP contribution in [0.3, 0.4) is 0 Å². The van der Waals surface area contributed by atoms with Crippen LogP contribution in [-0.4, -0.2) is 55.9 Å². The number of unbranched alkanes of at least 4 members (excludes halogenated alkanes) is 1. The zero-order valence-electron chi connectivity index (χ0n) is 10.6. The lowest BCUT2D eigenvalue weighted by molar-refractivity contribution is -0.137. The van der Waals surface area contributed by atoms with Crippen molar-refractivity contribution >= 4 is 12.0 Å². The van der Waals surface area contributed by atoms with Crippen molar-refractivity contribution in [3.63, 3.8) is 0 Å². The second-order valence-electron chi connectivity index (χ2n) is 3.85. The number of carbonyl (C=O) groups is 2. The van der Waals surface area contributed by atoms with Crippen LogP contribution in [0.5, 0.6) is 0 Å². The van der Waals surface area contributed by atoms with Crippen LogP contribution in [0, 0.1) is 0 Å². The molecule has 0 fully saturated rings. The van der Waals surface area contributed by atoms with Gasteiger partial charge in [0.25, 0.3) is 0 Å². The van der Waals surface area contributed by atoms with E-state index in [2.05, 4.69) is 5.32 Å². The van der Waals surface area contributed by atoms with Crippen molar-refractivity contribution in [2.75, 3.05) is 33.9 Å². The minimum Gasteiger partial charge on any atom is -0.481 e. The molecule has 17 heavy (non-hydrogen) atoms. The van der Waals surface area contributed by atoms with E-state index in [1.165, 1.54) is 4.90 Å². The van der Waals surface area contributed by atoms with Crippen LogP contribution >= 0.6 is 0 Å². The fraction of sp³-hybridized carbons (Fsp3) is 0.818. The zero-order chi connectivity index (χ0) is 13.1. The molecule has 0 saturated heterocycles. The Morgan fingerprint density at radius 1 is 1.29 bits per heavy atom. The lowest BCUT2D eigenvalue weighted by Crippen LogP contribution is -2.38. The Morgan fingerprint density at radius 3 is 2.59 bits per heavy atom. The highest BCUT2D eigenvalue weighted by Gasteiger charge is 2.07. The second-order valence-corrected chi connectivity index (χ2v) is 3.85. The Bertz CT molecular complexity index is 234. The normalized spacial score (nSPS) is 10.0. The molecular formula is C11H22N2O4. The number of ether oxygens (including phenoxy) is 1. The van der Waals surface area contributed by atoms with E-state index < -0.39 is 5.97 Å². The highest BCUT2D eigenvalue weighted by atomic mass is 16.5. The van der Waals surface area contributed by atoms with E-state index >= 15 is 0 Å². The molecule has 6 heteroatoms. The molecule has 0 aliphatic heterocycles. The molecule has 0 unspecified atom stereocenters. The summed E-state index contributed by atoms with van der Waals surface area (Å²) < 4.78 is 4.89. The molecule has 6 nitrogen and oxygen atoms in total. The predicted molar refractivity (Wildman–Crippen MR) is 64.0 cm³/mol. The molecular weight excluding hydrogens is 224 g/mol. The predicted octanol–water partition coefficient (Wildman–Crippen LogP) is 0.919. The van der Waals surface area contributed by atoms with Crippen LogP contribution in [0.2, 0.25) is 0 Å². The van der Waals surface area contributed by atoms with Gasteiger partial charge in [-0.3, -0.25) is 4.79 Å². The number of nitrogens with one attached hydrogen (secondary N) is 1. The number of methoxy groups -OCH3 is 1. The van der Waals surface area contributed by atoms with Crippen molar-refractivity contribution < 1.29 is 19.4 Å². The Labute approximate surface area is 102 Å². The lowest BCUT2D eigenvalue weighted by Gasteiger charge is -2.17. The monoisotopic (exact) mass is 246 g/mol. The number of hydrogen-bond acceptors (Lipinski definition) is 3. The van der Waals surface area contributed by atoms with Crippen LogP contribution in [0.25, 0.3) is 0 Å². The van der Waals surface area contributed by atoms with Crippen molar-refractivity contribution in [2.45, 2.75) is 25.7 Å². The first-order chi connectivity index (χ1) is 8.07. The number of hydrogen-bond donors (Lipinski definition) is 2. The van der Waals surface area contributed by atoms with Gasteiger partial charge in [-0.05, 0) is 19.3 Å². The largest absolute Gasteiger partial charge is 0.481 e. The van der Waals surface area contributed by atoms with Crippen LogP contribution in [-0.2, 0) is 9.53 Å². The van der Waals surface area contributed by atoms with E-state index in [0.29, 0.717) is 26.1 Å². The van der Waals surface area contributed by atoms with Crippen LogP contribution < -0.4 is 5.32 Å². The molecule has 0 spiro atoms. The first-order valence-electron chi connectivity index (χ1n) is 5.77. The van der Waals surface area contributed by atoms with Gasteiger partial charge in [0.1, 0.15) is 0 Å². The zero-order valence-corrected chi connectivity index (χ0v) is 10.6. The number of carboxylic acids is 1. The molecule has 0 aliphatic carbocycles. The molecule has 0 saturated carbocycles. The van der Waals surface area contributed by atoms with E-state index in [0.717, 1.165) is 12.8 Å². The average molecular weight is 246 g/mol. The van der Waals surface area contributed by atoms with Gasteiger partial charge in [0, 0.05) is 40.3 Å². The molecule has 0 radical (unpaired) electrons. The maximum Gasteiger partial charge on any atom is 0.317 e.